The Morgan fingerprint density at radius 3 is 2.48 bits per heavy atom. The predicted molar refractivity (Wildman–Crippen MR) is 92.3 cm³/mol. The van der Waals surface area contributed by atoms with Gasteiger partial charge in [-0.3, -0.25) is 0 Å². The van der Waals surface area contributed by atoms with Crippen molar-refractivity contribution in [2.75, 3.05) is 37.7 Å². The molecule has 2 aliphatic rings. The van der Waals surface area contributed by atoms with Gasteiger partial charge < -0.3 is 15.1 Å². The average Bonchev–Trinajstić information content (AvgIpc) is 2.91. The SMILES string of the molecule is CCS(=O)(=O)C[C@@H](C)NC(=O)N1CCC[C@@H](N2CCCC2)CC1. The van der Waals surface area contributed by atoms with E-state index in [4.69, 9.17) is 0 Å². The number of urea groups is 1. The van der Waals surface area contributed by atoms with Crippen LogP contribution in [0.1, 0.15) is 46.0 Å². The Bertz CT molecular complexity index is 489. The number of hydrogen-bond donors (Lipinski definition) is 1. The van der Waals surface area contributed by atoms with Crippen LogP contribution in [0.5, 0.6) is 0 Å². The maximum atomic E-state index is 12.4. The van der Waals surface area contributed by atoms with E-state index in [1.165, 1.54) is 25.9 Å². The molecule has 0 saturated carbocycles. The minimum Gasteiger partial charge on any atom is -0.335 e. The molecule has 0 aromatic rings. The molecule has 0 unspecified atom stereocenters. The van der Waals surface area contributed by atoms with Crippen LogP contribution in [-0.2, 0) is 9.84 Å². The fourth-order valence-electron chi connectivity index (χ4n) is 3.60. The summed E-state index contributed by atoms with van der Waals surface area (Å²) in [5, 5.41) is 2.85. The third-order valence-electron chi connectivity index (χ3n) is 4.96. The Hall–Kier alpha value is -0.820. The quantitative estimate of drug-likeness (QED) is 0.819. The number of likely N-dealkylation sites (tertiary alicyclic amines) is 2. The highest BCUT2D eigenvalue weighted by molar-refractivity contribution is 7.91. The molecule has 2 fully saturated rings. The lowest BCUT2D eigenvalue weighted by Crippen LogP contribution is -2.46. The second kappa shape index (κ2) is 8.33. The fourth-order valence-corrected chi connectivity index (χ4v) is 4.68. The summed E-state index contributed by atoms with van der Waals surface area (Å²) in [5.41, 5.74) is 0. The van der Waals surface area contributed by atoms with Crippen LogP contribution in [0.25, 0.3) is 0 Å². The van der Waals surface area contributed by atoms with Crippen molar-refractivity contribution in [1.82, 2.24) is 15.1 Å². The lowest BCUT2D eigenvalue weighted by Gasteiger charge is -2.27. The first-order valence-corrected chi connectivity index (χ1v) is 10.7. The number of nitrogens with zero attached hydrogens (tertiary/aromatic N) is 2. The molecule has 2 saturated heterocycles. The first kappa shape index (κ1) is 18.5. The zero-order chi connectivity index (χ0) is 16.9. The molecule has 0 spiro atoms. The zero-order valence-corrected chi connectivity index (χ0v) is 15.3. The van der Waals surface area contributed by atoms with Gasteiger partial charge in [0.05, 0.1) is 5.75 Å². The molecule has 23 heavy (non-hydrogen) atoms. The van der Waals surface area contributed by atoms with Crippen molar-refractivity contribution in [3.63, 3.8) is 0 Å². The van der Waals surface area contributed by atoms with Gasteiger partial charge in [0.15, 0.2) is 9.84 Å². The van der Waals surface area contributed by atoms with Crippen LogP contribution in [0.3, 0.4) is 0 Å². The molecule has 2 rings (SSSR count). The Morgan fingerprint density at radius 2 is 1.83 bits per heavy atom. The van der Waals surface area contributed by atoms with E-state index in [0.717, 1.165) is 32.4 Å². The predicted octanol–water partition coefficient (Wildman–Crippen LogP) is 1.47. The number of amides is 2. The summed E-state index contributed by atoms with van der Waals surface area (Å²) in [5.74, 6) is 0.133. The Kier molecular flexibility index (Phi) is 6.71. The van der Waals surface area contributed by atoms with Crippen LogP contribution in [0.15, 0.2) is 0 Å². The highest BCUT2D eigenvalue weighted by atomic mass is 32.2. The molecule has 0 radical (unpaired) electrons. The normalized spacial score (nSPS) is 25.1. The summed E-state index contributed by atoms with van der Waals surface area (Å²) in [4.78, 5) is 16.8. The number of rotatable bonds is 5. The van der Waals surface area contributed by atoms with Crippen molar-refractivity contribution in [1.29, 1.82) is 0 Å². The number of sulfone groups is 1. The summed E-state index contributed by atoms with van der Waals surface area (Å²) in [7, 11) is -3.06. The monoisotopic (exact) mass is 345 g/mol. The van der Waals surface area contributed by atoms with Gasteiger partial charge in [0.2, 0.25) is 0 Å². The first-order chi connectivity index (χ1) is 10.9. The van der Waals surface area contributed by atoms with Gasteiger partial charge >= 0.3 is 6.03 Å². The molecule has 0 bridgehead atoms. The van der Waals surface area contributed by atoms with Gasteiger partial charge in [0, 0.05) is 30.9 Å². The molecular formula is C16H31N3O3S. The molecule has 7 heteroatoms. The molecule has 134 valence electrons. The van der Waals surface area contributed by atoms with Crippen molar-refractivity contribution in [2.24, 2.45) is 0 Å². The zero-order valence-electron chi connectivity index (χ0n) is 14.5. The minimum atomic E-state index is -3.06. The number of nitrogens with one attached hydrogen (secondary N) is 1. The van der Waals surface area contributed by atoms with Crippen molar-refractivity contribution in [2.45, 2.75) is 58.0 Å². The Balaban J connectivity index is 1.80. The van der Waals surface area contributed by atoms with Gasteiger partial charge in [-0.25, -0.2) is 13.2 Å². The van der Waals surface area contributed by atoms with Gasteiger partial charge in [-0.1, -0.05) is 6.92 Å². The molecule has 0 aromatic heterocycles. The third-order valence-corrected chi connectivity index (χ3v) is 6.84. The lowest BCUT2D eigenvalue weighted by molar-refractivity contribution is 0.191. The molecule has 0 aliphatic carbocycles. The third kappa shape index (κ3) is 5.64. The molecule has 2 amide bonds. The van der Waals surface area contributed by atoms with Gasteiger partial charge in [-0.2, -0.15) is 0 Å². The number of carbonyl (C=O) groups excluding carboxylic acids is 1. The summed E-state index contributed by atoms with van der Waals surface area (Å²) in [6, 6.07) is 0.143. The number of hydrogen-bond acceptors (Lipinski definition) is 4. The summed E-state index contributed by atoms with van der Waals surface area (Å²) >= 11 is 0. The fraction of sp³-hybridized carbons (Fsp3) is 0.938. The van der Waals surface area contributed by atoms with Crippen LogP contribution in [0, 0.1) is 0 Å². The largest absolute Gasteiger partial charge is 0.335 e. The van der Waals surface area contributed by atoms with Crippen molar-refractivity contribution >= 4 is 15.9 Å². The van der Waals surface area contributed by atoms with Crippen LogP contribution in [-0.4, -0.2) is 74.0 Å². The van der Waals surface area contributed by atoms with Crippen LogP contribution in [0.4, 0.5) is 4.79 Å². The van der Waals surface area contributed by atoms with Gasteiger partial charge in [-0.15, -0.1) is 0 Å². The van der Waals surface area contributed by atoms with Crippen LogP contribution in [0.2, 0.25) is 0 Å². The second-order valence-electron chi connectivity index (χ2n) is 6.86. The lowest BCUT2D eigenvalue weighted by atomic mass is 10.1. The maximum Gasteiger partial charge on any atom is 0.317 e. The van der Waals surface area contributed by atoms with Crippen LogP contribution >= 0.6 is 0 Å². The average molecular weight is 346 g/mol. The van der Waals surface area contributed by atoms with E-state index in [1.54, 1.807) is 13.8 Å². The van der Waals surface area contributed by atoms with E-state index in [-0.39, 0.29) is 23.6 Å². The van der Waals surface area contributed by atoms with Crippen LogP contribution < -0.4 is 5.32 Å². The standard InChI is InChI=1S/C16H31N3O3S/c1-3-23(21,22)13-14(2)17-16(20)19-11-6-7-15(8-12-19)18-9-4-5-10-18/h14-15H,3-13H2,1-2H3,(H,17,20)/t14-,15-/m1/s1. The minimum absolute atomic E-state index is 0.0134. The van der Waals surface area contributed by atoms with Crippen molar-refractivity contribution in [3.05, 3.63) is 0 Å². The number of carbonyl (C=O) groups is 1. The molecule has 1 N–H and O–H groups in total. The van der Waals surface area contributed by atoms with E-state index in [1.807, 2.05) is 4.90 Å². The van der Waals surface area contributed by atoms with Crippen molar-refractivity contribution in [3.8, 4) is 0 Å². The van der Waals surface area contributed by atoms with Gasteiger partial charge in [-0.05, 0) is 52.1 Å². The molecule has 2 heterocycles. The highest BCUT2D eigenvalue weighted by Crippen LogP contribution is 2.21. The van der Waals surface area contributed by atoms with Gasteiger partial charge in [0.1, 0.15) is 0 Å². The van der Waals surface area contributed by atoms with E-state index in [2.05, 4.69) is 10.2 Å². The summed E-state index contributed by atoms with van der Waals surface area (Å²) < 4.78 is 23.3. The maximum absolute atomic E-state index is 12.4. The van der Waals surface area contributed by atoms with E-state index in [9.17, 15) is 13.2 Å². The molecular weight excluding hydrogens is 314 g/mol. The molecule has 6 nitrogen and oxygen atoms in total. The van der Waals surface area contributed by atoms with Crippen molar-refractivity contribution < 1.29 is 13.2 Å². The van der Waals surface area contributed by atoms with E-state index >= 15 is 0 Å². The second-order valence-corrected chi connectivity index (χ2v) is 9.26. The summed E-state index contributed by atoms with van der Waals surface area (Å²) in [6.45, 7) is 7.32. The molecule has 2 aliphatic heterocycles. The molecule has 2 atom stereocenters. The topological polar surface area (TPSA) is 69.7 Å². The molecule has 0 aromatic carbocycles. The smallest absolute Gasteiger partial charge is 0.317 e. The Labute approximate surface area is 140 Å². The van der Waals surface area contributed by atoms with Gasteiger partial charge in [0.25, 0.3) is 0 Å². The Morgan fingerprint density at radius 1 is 1.13 bits per heavy atom. The van der Waals surface area contributed by atoms with E-state index < -0.39 is 9.84 Å². The summed E-state index contributed by atoms with van der Waals surface area (Å²) in [6.07, 6.45) is 5.79. The van der Waals surface area contributed by atoms with E-state index in [0.29, 0.717) is 6.04 Å². The first-order valence-electron chi connectivity index (χ1n) is 8.91. The highest BCUT2D eigenvalue weighted by Gasteiger charge is 2.27.